The maximum Gasteiger partial charge on any atom is 0.169 e. The molecular formula is C15H26ClN. The predicted octanol–water partition coefficient (Wildman–Crippen LogP) is 0.901. The fourth-order valence-electron chi connectivity index (χ4n) is 1.95. The van der Waals surface area contributed by atoms with Crippen LogP contribution in [0.2, 0.25) is 0 Å². The van der Waals surface area contributed by atoms with Crippen LogP contribution in [0, 0.1) is 0 Å². The van der Waals surface area contributed by atoms with E-state index in [1.807, 2.05) is 0 Å². The molecule has 0 bridgehead atoms. The van der Waals surface area contributed by atoms with Gasteiger partial charge in [0.05, 0.1) is 0 Å². The quantitative estimate of drug-likeness (QED) is 0.480. The van der Waals surface area contributed by atoms with Crippen LogP contribution in [0.15, 0.2) is 24.5 Å². The van der Waals surface area contributed by atoms with Crippen molar-refractivity contribution in [1.82, 2.24) is 0 Å². The lowest BCUT2D eigenvalue weighted by Gasteiger charge is -1.99. The number of rotatable bonds is 8. The van der Waals surface area contributed by atoms with Gasteiger partial charge in [-0.15, -0.1) is 0 Å². The van der Waals surface area contributed by atoms with E-state index in [0.29, 0.717) is 0 Å². The molecule has 0 unspecified atom stereocenters. The number of unbranched alkanes of at least 4 members (excludes halogenated alkanes) is 5. The van der Waals surface area contributed by atoms with Gasteiger partial charge in [0.15, 0.2) is 12.4 Å². The number of pyridine rings is 1. The van der Waals surface area contributed by atoms with Crippen molar-refractivity contribution in [3.05, 3.63) is 30.1 Å². The molecule has 0 saturated carbocycles. The molecule has 0 aliphatic carbocycles. The van der Waals surface area contributed by atoms with Crippen molar-refractivity contribution in [1.29, 1.82) is 0 Å². The third-order valence-electron chi connectivity index (χ3n) is 3.14. The third kappa shape index (κ3) is 7.38. The molecule has 1 rings (SSSR count). The van der Waals surface area contributed by atoms with Gasteiger partial charge in [0.2, 0.25) is 0 Å². The van der Waals surface area contributed by atoms with E-state index in [2.05, 4.69) is 42.9 Å². The molecule has 1 aromatic heterocycles. The highest BCUT2D eigenvalue weighted by Crippen LogP contribution is 2.04. The summed E-state index contributed by atoms with van der Waals surface area (Å²) >= 11 is 0. The van der Waals surface area contributed by atoms with Crippen LogP contribution in [0.4, 0.5) is 0 Å². The molecule has 0 aliphatic heterocycles. The first-order chi connectivity index (χ1) is 7.86. The minimum absolute atomic E-state index is 0. The van der Waals surface area contributed by atoms with Crippen LogP contribution in [-0.2, 0) is 13.0 Å². The number of hydrogen-bond donors (Lipinski definition) is 0. The molecule has 1 aromatic rings. The van der Waals surface area contributed by atoms with Crippen molar-refractivity contribution < 1.29 is 17.0 Å². The molecule has 0 radical (unpaired) electrons. The molecule has 0 aliphatic rings. The van der Waals surface area contributed by atoms with Crippen LogP contribution in [-0.4, -0.2) is 0 Å². The van der Waals surface area contributed by atoms with Crippen molar-refractivity contribution >= 4 is 0 Å². The molecule has 0 amide bonds. The first kappa shape index (κ1) is 16.4. The fourth-order valence-corrected chi connectivity index (χ4v) is 1.95. The van der Waals surface area contributed by atoms with Gasteiger partial charge in [-0.25, -0.2) is 4.57 Å². The minimum atomic E-state index is 0. The van der Waals surface area contributed by atoms with Gasteiger partial charge in [0.25, 0.3) is 0 Å². The number of nitrogens with zero attached hydrogens (tertiary/aromatic N) is 1. The van der Waals surface area contributed by atoms with Gasteiger partial charge >= 0.3 is 0 Å². The molecule has 0 saturated heterocycles. The normalized spacial score (nSPS) is 10.0. The van der Waals surface area contributed by atoms with Gasteiger partial charge in [-0.3, -0.25) is 0 Å². The summed E-state index contributed by atoms with van der Waals surface area (Å²) in [5, 5.41) is 0. The van der Waals surface area contributed by atoms with Crippen LogP contribution < -0.4 is 17.0 Å². The number of halogens is 1. The second-order valence-corrected chi connectivity index (χ2v) is 4.57. The summed E-state index contributed by atoms with van der Waals surface area (Å²) < 4.78 is 2.30. The Kier molecular flexibility index (Phi) is 10.2. The van der Waals surface area contributed by atoms with E-state index in [0.717, 1.165) is 6.42 Å². The van der Waals surface area contributed by atoms with Gasteiger partial charge in [-0.1, -0.05) is 39.5 Å². The van der Waals surface area contributed by atoms with E-state index in [4.69, 9.17) is 0 Å². The number of hydrogen-bond acceptors (Lipinski definition) is 0. The highest BCUT2D eigenvalue weighted by atomic mass is 35.5. The average Bonchev–Trinajstić information content (AvgIpc) is 2.34. The van der Waals surface area contributed by atoms with Gasteiger partial charge in [-0.2, -0.15) is 0 Å². The van der Waals surface area contributed by atoms with Crippen LogP contribution in [0.5, 0.6) is 0 Å². The van der Waals surface area contributed by atoms with Crippen molar-refractivity contribution in [2.45, 2.75) is 65.3 Å². The molecule has 2 heteroatoms. The largest absolute Gasteiger partial charge is 1.00 e. The van der Waals surface area contributed by atoms with E-state index >= 15 is 0 Å². The minimum Gasteiger partial charge on any atom is -1.00 e. The summed E-state index contributed by atoms with van der Waals surface area (Å²) in [6, 6.07) is 4.47. The van der Waals surface area contributed by atoms with Crippen molar-refractivity contribution in [3.8, 4) is 0 Å². The molecule has 0 fully saturated rings. The van der Waals surface area contributed by atoms with E-state index in [1.54, 1.807) is 0 Å². The monoisotopic (exact) mass is 255 g/mol. The molecule has 0 N–H and O–H groups in total. The third-order valence-corrected chi connectivity index (χ3v) is 3.14. The van der Waals surface area contributed by atoms with Gasteiger partial charge < -0.3 is 12.4 Å². The van der Waals surface area contributed by atoms with E-state index in [9.17, 15) is 0 Å². The molecule has 0 aromatic carbocycles. The van der Waals surface area contributed by atoms with Crippen LogP contribution >= 0.6 is 0 Å². The lowest BCUT2D eigenvalue weighted by atomic mass is 10.1. The maximum absolute atomic E-state index is 2.30. The Hall–Kier alpha value is -0.560. The zero-order valence-electron chi connectivity index (χ0n) is 11.3. The number of aryl methyl sites for hydroxylation is 2. The maximum atomic E-state index is 2.30. The second-order valence-electron chi connectivity index (χ2n) is 4.57. The van der Waals surface area contributed by atoms with Gasteiger partial charge in [0.1, 0.15) is 6.54 Å². The van der Waals surface area contributed by atoms with E-state index in [1.165, 1.54) is 50.6 Å². The zero-order chi connectivity index (χ0) is 11.6. The Morgan fingerprint density at radius 3 is 2.06 bits per heavy atom. The summed E-state index contributed by atoms with van der Waals surface area (Å²) in [5.41, 5.74) is 1.43. The van der Waals surface area contributed by atoms with E-state index < -0.39 is 0 Å². The van der Waals surface area contributed by atoms with Gasteiger partial charge in [-0.05, 0) is 18.4 Å². The molecule has 1 nitrogen and oxygen atoms in total. The van der Waals surface area contributed by atoms with Crippen LogP contribution in [0.25, 0.3) is 0 Å². The molecule has 17 heavy (non-hydrogen) atoms. The van der Waals surface area contributed by atoms with Crippen LogP contribution in [0.1, 0.15) is 57.9 Å². The lowest BCUT2D eigenvalue weighted by molar-refractivity contribution is -0.697. The van der Waals surface area contributed by atoms with Crippen molar-refractivity contribution in [2.75, 3.05) is 0 Å². The lowest BCUT2D eigenvalue weighted by Crippen LogP contribution is -3.00. The SMILES string of the molecule is CCCCCCCC[n+]1ccc(CC)cc1.[Cl-]. The number of aromatic nitrogens is 1. The Balaban J connectivity index is 0.00000256. The van der Waals surface area contributed by atoms with E-state index in [-0.39, 0.29) is 12.4 Å². The summed E-state index contributed by atoms with van der Waals surface area (Å²) in [4.78, 5) is 0. The first-order valence-electron chi connectivity index (χ1n) is 6.84. The zero-order valence-corrected chi connectivity index (χ0v) is 12.0. The molecule has 1 heterocycles. The Bertz CT molecular complexity index is 269. The Labute approximate surface area is 113 Å². The second kappa shape index (κ2) is 10.6. The summed E-state index contributed by atoms with van der Waals surface area (Å²) in [5.74, 6) is 0. The smallest absolute Gasteiger partial charge is 0.169 e. The van der Waals surface area contributed by atoms with Crippen molar-refractivity contribution in [3.63, 3.8) is 0 Å². The predicted molar refractivity (Wildman–Crippen MR) is 69.4 cm³/mol. The molecule has 98 valence electrons. The summed E-state index contributed by atoms with van der Waals surface area (Å²) in [6.07, 6.45) is 13.8. The summed E-state index contributed by atoms with van der Waals surface area (Å²) in [7, 11) is 0. The first-order valence-corrected chi connectivity index (χ1v) is 6.84. The topological polar surface area (TPSA) is 3.88 Å². The molecule has 0 spiro atoms. The van der Waals surface area contributed by atoms with Gasteiger partial charge in [0, 0.05) is 18.6 Å². The standard InChI is InChI=1S/C15H26N.ClH/c1-3-5-6-7-8-9-12-16-13-10-15(4-2)11-14-16;/h10-11,13-14H,3-9,12H2,1-2H3;1H/q+1;/p-1. The Morgan fingerprint density at radius 2 is 1.47 bits per heavy atom. The summed E-state index contributed by atoms with van der Waals surface area (Å²) in [6.45, 7) is 5.65. The van der Waals surface area contributed by atoms with Crippen molar-refractivity contribution in [2.24, 2.45) is 0 Å². The Morgan fingerprint density at radius 1 is 0.882 bits per heavy atom. The molecule has 0 atom stereocenters. The highest BCUT2D eigenvalue weighted by molar-refractivity contribution is 5.06. The fraction of sp³-hybridized carbons (Fsp3) is 0.667. The highest BCUT2D eigenvalue weighted by Gasteiger charge is 1.99. The van der Waals surface area contributed by atoms with Crippen LogP contribution in [0.3, 0.4) is 0 Å². The average molecular weight is 256 g/mol. The molecular weight excluding hydrogens is 230 g/mol.